The van der Waals surface area contributed by atoms with Crippen LogP contribution in [0.5, 0.6) is 11.5 Å². The van der Waals surface area contributed by atoms with Gasteiger partial charge in [-0.15, -0.1) is 0 Å². The average Bonchev–Trinajstić information content (AvgIpc) is 3.15. The molecule has 6 heteroatoms. The van der Waals surface area contributed by atoms with Crippen molar-refractivity contribution >= 4 is 5.91 Å². The molecule has 3 rings (SSSR count). The molecule has 2 aromatic carbocycles. The molecule has 1 aromatic heterocycles. The number of aryl methyl sites for hydroxylation is 3. The second-order valence-corrected chi connectivity index (χ2v) is 7.53. The highest BCUT2D eigenvalue weighted by atomic mass is 16.5. The summed E-state index contributed by atoms with van der Waals surface area (Å²) in [5.41, 5.74) is 4.16. The van der Waals surface area contributed by atoms with Gasteiger partial charge in [-0.25, -0.2) is 4.98 Å². The number of benzene rings is 2. The van der Waals surface area contributed by atoms with Crippen LogP contribution < -0.4 is 14.8 Å². The van der Waals surface area contributed by atoms with Gasteiger partial charge in [-0.05, 0) is 56.9 Å². The normalized spacial score (nSPS) is 10.7. The molecule has 0 bridgehead atoms. The molecule has 0 radical (unpaired) electrons. The molecule has 1 N–H and O–H groups in total. The number of hydrogen-bond donors (Lipinski definition) is 1. The smallest absolute Gasteiger partial charge is 0.226 e. The monoisotopic (exact) mass is 422 g/mol. The number of amides is 1. The van der Waals surface area contributed by atoms with E-state index in [1.54, 1.807) is 14.2 Å². The number of carbonyl (C=O) groups is 1. The summed E-state index contributed by atoms with van der Waals surface area (Å²) in [6.07, 6.45) is 2.71. The SMILES string of the molecule is COc1ccc(-c2nc(CCCC(=O)NCCc3ccc(C)cc3)c(C)o2)cc1OC. The topological polar surface area (TPSA) is 73.6 Å². The zero-order valence-electron chi connectivity index (χ0n) is 18.7. The number of aromatic nitrogens is 1. The summed E-state index contributed by atoms with van der Waals surface area (Å²) in [4.78, 5) is 16.8. The van der Waals surface area contributed by atoms with Gasteiger partial charge in [0.1, 0.15) is 5.76 Å². The molecule has 0 aliphatic carbocycles. The minimum Gasteiger partial charge on any atom is -0.493 e. The van der Waals surface area contributed by atoms with Crippen LogP contribution in [0.2, 0.25) is 0 Å². The van der Waals surface area contributed by atoms with Gasteiger partial charge in [0.15, 0.2) is 11.5 Å². The van der Waals surface area contributed by atoms with Gasteiger partial charge in [0, 0.05) is 18.5 Å². The number of methoxy groups -OCH3 is 2. The highest BCUT2D eigenvalue weighted by Gasteiger charge is 2.14. The van der Waals surface area contributed by atoms with Gasteiger partial charge in [0.05, 0.1) is 19.9 Å². The number of nitrogens with one attached hydrogen (secondary N) is 1. The molecule has 0 saturated heterocycles. The van der Waals surface area contributed by atoms with E-state index in [0.717, 1.165) is 29.9 Å². The van der Waals surface area contributed by atoms with E-state index >= 15 is 0 Å². The first-order valence-corrected chi connectivity index (χ1v) is 10.5. The van der Waals surface area contributed by atoms with Crippen molar-refractivity contribution < 1.29 is 18.7 Å². The van der Waals surface area contributed by atoms with Crippen molar-refractivity contribution in [2.75, 3.05) is 20.8 Å². The zero-order valence-corrected chi connectivity index (χ0v) is 18.7. The largest absolute Gasteiger partial charge is 0.493 e. The fourth-order valence-corrected chi connectivity index (χ4v) is 3.36. The Morgan fingerprint density at radius 3 is 2.45 bits per heavy atom. The van der Waals surface area contributed by atoms with E-state index in [-0.39, 0.29) is 5.91 Å². The standard InChI is InChI=1S/C25H30N2O4/c1-17-8-10-19(11-9-17)14-15-26-24(28)7-5-6-21-18(2)31-25(27-21)20-12-13-22(29-3)23(16-20)30-4/h8-13,16H,5-7,14-15H2,1-4H3,(H,26,28). The molecule has 164 valence electrons. The molecule has 6 nitrogen and oxygen atoms in total. The minimum absolute atomic E-state index is 0.0633. The number of ether oxygens (including phenoxy) is 2. The second kappa shape index (κ2) is 10.7. The highest BCUT2D eigenvalue weighted by Crippen LogP contribution is 2.32. The van der Waals surface area contributed by atoms with Crippen LogP contribution >= 0.6 is 0 Å². The van der Waals surface area contributed by atoms with Gasteiger partial charge < -0.3 is 19.2 Å². The van der Waals surface area contributed by atoms with E-state index < -0.39 is 0 Å². The first kappa shape index (κ1) is 22.4. The van der Waals surface area contributed by atoms with Crippen molar-refractivity contribution in [3.8, 4) is 23.0 Å². The fraction of sp³-hybridized carbons (Fsp3) is 0.360. The lowest BCUT2D eigenvalue weighted by Crippen LogP contribution is -2.25. The Morgan fingerprint density at radius 1 is 1.00 bits per heavy atom. The number of oxazole rings is 1. The summed E-state index contributed by atoms with van der Waals surface area (Å²) in [5.74, 6) is 2.65. The quantitative estimate of drug-likeness (QED) is 0.514. The summed E-state index contributed by atoms with van der Waals surface area (Å²) < 4.78 is 16.5. The van der Waals surface area contributed by atoms with Crippen LogP contribution in [-0.4, -0.2) is 31.7 Å². The van der Waals surface area contributed by atoms with Gasteiger partial charge in [0.25, 0.3) is 0 Å². The third kappa shape index (κ3) is 6.10. The number of carbonyl (C=O) groups excluding carboxylic acids is 1. The molecule has 0 saturated carbocycles. The summed E-state index contributed by atoms with van der Waals surface area (Å²) in [5, 5.41) is 2.99. The Kier molecular flexibility index (Phi) is 7.70. The van der Waals surface area contributed by atoms with Crippen LogP contribution in [0, 0.1) is 13.8 Å². The lowest BCUT2D eigenvalue weighted by Gasteiger charge is -2.07. The van der Waals surface area contributed by atoms with Crippen LogP contribution in [0.3, 0.4) is 0 Å². The van der Waals surface area contributed by atoms with E-state index in [0.29, 0.717) is 36.8 Å². The molecule has 1 amide bonds. The minimum atomic E-state index is 0.0633. The van der Waals surface area contributed by atoms with Crippen molar-refractivity contribution in [3.63, 3.8) is 0 Å². The van der Waals surface area contributed by atoms with E-state index in [4.69, 9.17) is 13.9 Å². The Bertz CT molecular complexity index is 1010. The van der Waals surface area contributed by atoms with Crippen molar-refractivity contribution in [2.45, 2.75) is 39.5 Å². The molecule has 0 unspecified atom stereocenters. The van der Waals surface area contributed by atoms with Gasteiger partial charge in [-0.3, -0.25) is 4.79 Å². The van der Waals surface area contributed by atoms with Gasteiger partial charge in [0.2, 0.25) is 11.8 Å². The Hall–Kier alpha value is -3.28. The number of hydrogen-bond acceptors (Lipinski definition) is 5. The van der Waals surface area contributed by atoms with Crippen LogP contribution in [-0.2, 0) is 17.6 Å². The molecule has 0 spiro atoms. The second-order valence-electron chi connectivity index (χ2n) is 7.53. The van der Waals surface area contributed by atoms with Gasteiger partial charge in [-0.1, -0.05) is 29.8 Å². The molecule has 0 aliphatic rings. The summed E-state index contributed by atoms with van der Waals surface area (Å²) >= 11 is 0. The Morgan fingerprint density at radius 2 is 1.74 bits per heavy atom. The predicted octanol–water partition coefficient (Wildman–Crippen LogP) is 4.66. The van der Waals surface area contributed by atoms with Crippen molar-refractivity contribution in [1.82, 2.24) is 10.3 Å². The molecule has 3 aromatic rings. The fourth-order valence-electron chi connectivity index (χ4n) is 3.36. The molecule has 1 heterocycles. The summed E-state index contributed by atoms with van der Waals surface area (Å²) in [7, 11) is 3.20. The third-order valence-corrected chi connectivity index (χ3v) is 5.20. The molecule has 31 heavy (non-hydrogen) atoms. The van der Waals surface area contributed by atoms with Gasteiger partial charge in [-0.2, -0.15) is 0 Å². The summed E-state index contributed by atoms with van der Waals surface area (Å²) in [6, 6.07) is 13.9. The Balaban J connectivity index is 1.48. The number of rotatable bonds is 10. The molecule has 0 aliphatic heterocycles. The van der Waals surface area contributed by atoms with E-state index in [1.807, 2.05) is 25.1 Å². The van der Waals surface area contributed by atoms with Crippen molar-refractivity contribution in [2.24, 2.45) is 0 Å². The first-order valence-electron chi connectivity index (χ1n) is 10.5. The number of nitrogens with zero attached hydrogens (tertiary/aromatic N) is 1. The maximum absolute atomic E-state index is 12.1. The van der Waals surface area contributed by atoms with Crippen LogP contribution in [0.4, 0.5) is 0 Å². The summed E-state index contributed by atoms with van der Waals surface area (Å²) in [6.45, 7) is 4.61. The maximum atomic E-state index is 12.1. The van der Waals surface area contributed by atoms with E-state index in [1.165, 1.54) is 11.1 Å². The third-order valence-electron chi connectivity index (χ3n) is 5.20. The van der Waals surface area contributed by atoms with E-state index in [9.17, 15) is 4.79 Å². The van der Waals surface area contributed by atoms with Crippen molar-refractivity contribution in [3.05, 3.63) is 65.0 Å². The van der Waals surface area contributed by atoms with Crippen molar-refractivity contribution in [1.29, 1.82) is 0 Å². The van der Waals surface area contributed by atoms with E-state index in [2.05, 4.69) is 41.5 Å². The van der Waals surface area contributed by atoms with Gasteiger partial charge >= 0.3 is 0 Å². The van der Waals surface area contributed by atoms with Crippen LogP contribution in [0.25, 0.3) is 11.5 Å². The molecular formula is C25H30N2O4. The highest BCUT2D eigenvalue weighted by molar-refractivity contribution is 5.75. The zero-order chi connectivity index (χ0) is 22.2. The van der Waals surface area contributed by atoms with Crippen LogP contribution in [0.1, 0.15) is 35.4 Å². The Labute approximate surface area is 183 Å². The molecule has 0 atom stereocenters. The molecular weight excluding hydrogens is 392 g/mol. The lowest BCUT2D eigenvalue weighted by molar-refractivity contribution is -0.121. The van der Waals surface area contributed by atoms with Crippen LogP contribution in [0.15, 0.2) is 46.9 Å². The predicted molar refractivity (Wildman–Crippen MR) is 121 cm³/mol. The maximum Gasteiger partial charge on any atom is 0.226 e. The average molecular weight is 423 g/mol. The first-order chi connectivity index (χ1) is 15.0. The molecule has 0 fully saturated rings. The lowest BCUT2D eigenvalue weighted by atomic mass is 10.1.